The summed E-state index contributed by atoms with van der Waals surface area (Å²) in [5.41, 5.74) is 0.590. The smallest absolute Gasteiger partial charge is 0.308 e. The zero-order valence-corrected chi connectivity index (χ0v) is 10.8. The van der Waals surface area contributed by atoms with Crippen molar-refractivity contribution >= 4 is 17.8 Å². The molecule has 1 N–H and O–H groups in total. The van der Waals surface area contributed by atoms with E-state index in [1.54, 1.807) is 0 Å². The van der Waals surface area contributed by atoms with E-state index in [1.165, 1.54) is 18.5 Å². The van der Waals surface area contributed by atoms with Gasteiger partial charge < -0.3 is 5.11 Å². The first-order valence-corrected chi connectivity index (χ1v) is 6.66. The number of rotatable bonds is 2. The molecule has 1 aromatic rings. The lowest BCUT2D eigenvalue weighted by atomic mass is 9.83. The number of aliphatic carboxylic acids is 1. The molecule has 0 radical (unpaired) electrons. The molecule has 6 heteroatoms. The number of hydrogen-bond acceptors (Lipinski definition) is 4. The molecule has 1 aliphatic heterocycles. The molecule has 2 heterocycles. The summed E-state index contributed by atoms with van der Waals surface area (Å²) in [5, 5.41) is 9.30. The summed E-state index contributed by atoms with van der Waals surface area (Å²) < 4.78 is 0. The van der Waals surface area contributed by atoms with Gasteiger partial charge in [0.15, 0.2) is 0 Å². The van der Waals surface area contributed by atoms with Crippen molar-refractivity contribution in [3.8, 4) is 0 Å². The van der Waals surface area contributed by atoms with Crippen LogP contribution in [0.2, 0.25) is 0 Å². The number of carbonyl (C=O) groups excluding carboxylic acids is 2. The van der Waals surface area contributed by atoms with E-state index in [4.69, 9.17) is 0 Å². The van der Waals surface area contributed by atoms with Crippen molar-refractivity contribution in [3.63, 3.8) is 0 Å². The van der Waals surface area contributed by atoms with E-state index in [0.717, 1.165) is 17.7 Å². The number of amides is 2. The standard InChI is InChI=1S/C14H14N2O4/c17-12-8-5-6-15-7-10(8)13(18)16(12)11-4-2-1-3-9(11)14(19)20/h5-7,9,11H,1-4H2,(H,19,20). The Morgan fingerprint density at radius 1 is 1.20 bits per heavy atom. The van der Waals surface area contributed by atoms with Crippen molar-refractivity contribution in [2.75, 3.05) is 0 Å². The Kier molecular flexibility index (Phi) is 3.00. The molecule has 2 atom stereocenters. The first-order valence-electron chi connectivity index (χ1n) is 6.66. The van der Waals surface area contributed by atoms with Gasteiger partial charge in [0.05, 0.1) is 23.1 Å². The summed E-state index contributed by atoms with van der Waals surface area (Å²) in [6.07, 6.45) is 5.54. The highest BCUT2D eigenvalue weighted by Gasteiger charge is 2.45. The number of fused-ring (bicyclic) bond motifs is 1. The van der Waals surface area contributed by atoms with E-state index < -0.39 is 29.7 Å². The molecular formula is C14H14N2O4. The Balaban J connectivity index is 1.97. The third-order valence-corrected chi connectivity index (χ3v) is 4.10. The summed E-state index contributed by atoms with van der Waals surface area (Å²) >= 11 is 0. The van der Waals surface area contributed by atoms with Crippen LogP contribution >= 0.6 is 0 Å². The minimum Gasteiger partial charge on any atom is -0.481 e. The van der Waals surface area contributed by atoms with Gasteiger partial charge in [0, 0.05) is 12.4 Å². The molecule has 1 aliphatic carbocycles. The maximum absolute atomic E-state index is 12.4. The van der Waals surface area contributed by atoms with Crippen LogP contribution < -0.4 is 0 Å². The lowest BCUT2D eigenvalue weighted by molar-refractivity contribution is -0.144. The maximum atomic E-state index is 12.4. The minimum atomic E-state index is -0.940. The maximum Gasteiger partial charge on any atom is 0.308 e. The fraction of sp³-hybridized carbons (Fsp3) is 0.429. The lowest BCUT2D eigenvalue weighted by Gasteiger charge is -2.34. The predicted octanol–water partition coefficient (Wildman–Crippen LogP) is 1.32. The van der Waals surface area contributed by atoms with Crippen LogP contribution in [0.25, 0.3) is 0 Å². The Hall–Kier alpha value is -2.24. The van der Waals surface area contributed by atoms with Gasteiger partial charge in [-0.3, -0.25) is 24.3 Å². The molecule has 2 unspecified atom stereocenters. The molecule has 0 spiro atoms. The summed E-state index contributed by atoms with van der Waals surface area (Å²) in [4.78, 5) is 41.0. The topological polar surface area (TPSA) is 87.6 Å². The molecule has 3 rings (SSSR count). The molecule has 1 aromatic heterocycles. The molecule has 20 heavy (non-hydrogen) atoms. The van der Waals surface area contributed by atoms with Crippen LogP contribution in [0.5, 0.6) is 0 Å². The fourth-order valence-corrected chi connectivity index (χ4v) is 3.11. The molecule has 0 saturated heterocycles. The second-order valence-electron chi connectivity index (χ2n) is 5.20. The Morgan fingerprint density at radius 3 is 2.60 bits per heavy atom. The van der Waals surface area contributed by atoms with E-state index in [-0.39, 0.29) is 5.56 Å². The van der Waals surface area contributed by atoms with Crippen molar-refractivity contribution in [2.45, 2.75) is 31.7 Å². The third-order valence-electron chi connectivity index (χ3n) is 4.10. The molecule has 1 saturated carbocycles. The number of carboxylic acid groups (broad SMARTS) is 1. The van der Waals surface area contributed by atoms with E-state index >= 15 is 0 Å². The van der Waals surface area contributed by atoms with Crippen molar-refractivity contribution < 1.29 is 19.5 Å². The highest BCUT2D eigenvalue weighted by atomic mass is 16.4. The van der Waals surface area contributed by atoms with Gasteiger partial charge >= 0.3 is 5.97 Å². The van der Waals surface area contributed by atoms with E-state index in [1.807, 2.05) is 0 Å². The molecular weight excluding hydrogens is 260 g/mol. The predicted molar refractivity (Wildman–Crippen MR) is 68.1 cm³/mol. The largest absolute Gasteiger partial charge is 0.481 e. The van der Waals surface area contributed by atoms with Crippen LogP contribution in [0.3, 0.4) is 0 Å². The number of hydrogen-bond donors (Lipinski definition) is 1. The fourth-order valence-electron chi connectivity index (χ4n) is 3.11. The monoisotopic (exact) mass is 274 g/mol. The number of carbonyl (C=O) groups is 3. The first-order chi connectivity index (χ1) is 9.61. The Bertz CT molecular complexity index is 564. The van der Waals surface area contributed by atoms with Crippen LogP contribution in [-0.4, -0.2) is 38.8 Å². The van der Waals surface area contributed by atoms with Crippen LogP contribution in [0.1, 0.15) is 46.4 Å². The zero-order valence-electron chi connectivity index (χ0n) is 10.8. The average Bonchev–Trinajstić information content (AvgIpc) is 2.71. The zero-order chi connectivity index (χ0) is 14.3. The average molecular weight is 274 g/mol. The minimum absolute atomic E-state index is 0.271. The second-order valence-corrected chi connectivity index (χ2v) is 5.20. The van der Waals surface area contributed by atoms with Gasteiger partial charge in [0.25, 0.3) is 11.8 Å². The second kappa shape index (κ2) is 4.70. The quantitative estimate of drug-likeness (QED) is 0.822. The highest BCUT2D eigenvalue weighted by Crippen LogP contribution is 2.34. The van der Waals surface area contributed by atoms with Crippen molar-refractivity contribution in [1.29, 1.82) is 0 Å². The number of carboxylic acids is 1. The Labute approximate surface area is 115 Å². The number of pyridine rings is 1. The molecule has 0 aromatic carbocycles. The molecule has 1 fully saturated rings. The van der Waals surface area contributed by atoms with Crippen molar-refractivity contribution in [2.24, 2.45) is 5.92 Å². The van der Waals surface area contributed by atoms with Crippen LogP contribution in [0, 0.1) is 5.92 Å². The van der Waals surface area contributed by atoms with Gasteiger partial charge in [0.2, 0.25) is 0 Å². The van der Waals surface area contributed by atoms with Crippen LogP contribution in [-0.2, 0) is 4.79 Å². The number of imide groups is 1. The number of aromatic nitrogens is 1. The van der Waals surface area contributed by atoms with Gasteiger partial charge in [-0.1, -0.05) is 12.8 Å². The summed E-state index contributed by atoms with van der Waals surface area (Å²) in [6, 6.07) is 0.961. The van der Waals surface area contributed by atoms with E-state index in [0.29, 0.717) is 18.4 Å². The number of nitrogens with zero attached hydrogens (tertiary/aromatic N) is 2. The Morgan fingerprint density at radius 2 is 1.90 bits per heavy atom. The lowest BCUT2D eigenvalue weighted by Crippen LogP contribution is -2.48. The van der Waals surface area contributed by atoms with Gasteiger partial charge in [-0.05, 0) is 18.9 Å². The highest BCUT2D eigenvalue weighted by molar-refractivity contribution is 6.21. The van der Waals surface area contributed by atoms with Gasteiger partial charge in [-0.15, -0.1) is 0 Å². The normalized spacial score (nSPS) is 25.7. The van der Waals surface area contributed by atoms with Crippen LogP contribution in [0.15, 0.2) is 18.5 Å². The SMILES string of the molecule is O=C(O)C1CCCCC1N1C(=O)c2ccncc2C1=O. The summed E-state index contributed by atoms with van der Waals surface area (Å²) in [5.74, 6) is -2.43. The summed E-state index contributed by atoms with van der Waals surface area (Å²) in [6.45, 7) is 0. The molecule has 2 aliphatic rings. The third kappa shape index (κ3) is 1.79. The van der Waals surface area contributed by atoms with Crippen LogP contribution in [0.4, 0.5) is 0 Å². The van der Waals surface area contributed by atoms with E-state index in [2.05, 4.69) is 4.98 Å². The van der Waals surface area contributed by atoms with E-state index in [9.17, 15) is 19.5 Å². The molecule has 6 nitrogen and oxygen atoms in total. The molecule has 104 valence electrons. The van der Waals surface area contributed by atoms with Gasteiger partial charge in [-0.2, -0.15) is 0 Å². The molecule has 0 bridgehead atoms. The van der Waals surface area contributed by atoms with Gasteiger partial charge in [-0.25, -0.2) is 0 Å². The molecule has 2 amide bonds. The van der Waals surface area contributed by atoms with Crippen molar-refractivity contribution in [1.82, 2.24) is 9.88 Å². The van der Waals surface area contributed by atoms with Crippen molar-refractivity contribution in [3.05, 3.63) is 29.6 Å². The summed E-state index contributed by atoms with van der Waals surface area (Å²) in [7, 11) is 0. The first kappa shape index (κ1) is 12.8. The van der Waals surface area contributed by atoms with Gasteiger partial charge in [0.1, 0.15) is 0 Å².